The minimum Gasteiger partial charge on any atom is -0.370 e. The van der Waals surface area contributed by atoms with Gasteiger partial charge in [0.25, 0.3) is 0 Å². The molecule has 2 rings (SSSR count). The molecule has 1 fully saturated rings. The molecule has 3 heteroatoms. The summed E-state index contributed by atoms with van der Waals surface area (Å²) in [5.74, 6) is 0. The van der Waals surface area contributed by atoms with Gasteiger partial charge in [-0.25, -0.2) is 0 Å². The molecule has 1 heterocycles. The molecule has 0 aromatic heterocycles. The van der Waals surface area contributed by atoms with E-state index in [-0.39, 0.29) is 0 Å². The van der Waals surface area contributed by atoms with Gasteiger partial charge in [-0.15, -0.1) is 0 Å². The second-order valence-corrected chi connectivity index (χ2v) is 7.06. The van der Waals surface area contributed by atoms with E-state index < -0.39 is 0 Å². The smallest absolute Gasteiger partial charge is 0.0367 e. The summed E-state index contributed by atoms with van der Waals surface area (Å²) in [6, 6.07) is 9.20. The Labute approximate surface area is 119 Å². The standard InChI is InChI=1S/C15H23BrN2/c1-15(2,3)14-11-18(10-4-9-17-14)13-7-5-12(16)6-8-13/h5-8,14,17H,4,9-11H2,1-3H3. The van der Waals surface area contributed by atoms with Crippen LogP contribution < -0.4 is 10.2 Å². The fraction of sp³-hybridized carbons (Fsp3) is 0.600. The second kappa shape index (κ2) is 5.62. The van der Waals surface area contributed by atoms with Crippen molar-refractivity contribution >= 4 is 21.6 Å². The van der Waals surface area contributed by atoms with Gasteiger partial charge in [-0.2, -0.15) is 0 Å². The monoisotopic (exact) mass is 310 g/mol. The maximum absolute atomic E-state index is 3.68. The first kappa shape index (κ1) is 13.9. The Morgan fingerprint density at radius 1 is 1.22 bits per heavy atom. The van der Waals surface area contributed by atoms with Crippen molar-refractivity contribution in [2.24, 2.45) is 5.41 Å². The molecule has 0 radical (unpaired) electrons. The van der Waals surface area contributed by atoms with Gasteiger partial charge in [-0.05, 0) is 42.6 Å². The van der Waals surface area contributed by atoms with Gasteiger partial charge in [0.05, 0.1) is 0 Å². The third-order valence-corrected chi connectivity index (χ3v) is 4.16. The van der Waals surface area contributed by atoms with Gasteiger partial charge in [-0.3, -0.25) is 0 Å². The highest BCUT2D eigenvalue weighted by Gasteiger charge is 2.28. The van der Waals surface area contributed by atoms with Gasteiger partial charge in [0, 0.05) is 29.3 Å². The Morgan fingerprint density at radius 3 is 2.50 bits per heavy atom. The van der Waals surface area contributed by atoms with E-state index in [9.17, 15) is 0 Å². The minimum atomic E-state index is 0.304. The number of anilines is 1. The molecular weight excluding hydrogens is 288 g/mol. The van der Waals surface area contributed by atoms with Crippen molar-refractivity contribution in [3.63, 3.8) is 0 Å². The average Bonchev–Trinajstić information content (AvgIpc) is 2.55. The zero-order valence-corrected chi connectivity index (χ0v) is 13.1. The fourth-order valence-corrected chi connectivity index (χ4v) is 2.65. The van der Waals surface area contributed by atoms with Crippen LogP contribution in [-0.4, -0.2) is 25.7 Å². The molecule has 1 aliphatic heterocycles. The molecule has 1 aromatic carbocycles. The van der Waals surface area contributed by atoms with Crippen LogP contribution in [-0.2, 0) is 0 Å². The van der Waals surface area contributed by atoms with Crippen molar-refractivity contribution < 1.29 is 0 Å². The van der Waals surface area contributed by atoms with E-state index in [1.807, 2.05) is 0 Å². The second-order valence-electron chi connectivity index (χ2n) is 6.15. The normalized spacial score (nSPS) is 21.8. The number of hydrogen-bond donors (Lipinski definition) is 1. The lowest BCUT2D eigenvalue weighted by Crippen LogP contribution is -2.46. The van der Waals surface area contributed by atoms with Crippen molar-refractivity contribution in [3.05, 3.63) is 28.7 Å². The maximum Gasteiger partial charge on any atom is 0.0367 e. The fourth-order valence-electron chi connectivity index (χ4n) is 2.39. The molecule has 0 spiro atoms. The molecule has 1 N–H and O–H groups in total. The first-order valence-electron chi connectivity index (χ1n) is 6.71. The minimum absolute atomic E-state index is 0.304. The summed E-state index contributed by atoms with van der Waals surface area (Å²) in [5, 5.41) is 3.68. The van der Waals surface area contributed by atoms with Crippen LogP contribution in [0.4, 0.5) is 5.69 Å². The van der Waals surface area contributed by atoms with E-state index in [0.29, 0.717) is 11.5 Å². The van der Waals surface area contributed by atoms with Gasteiger partial charge >= 0.3 is 0 Å². The first-order chi connectivity index (χ1) is 8.47. The number of benzene rings is 1. The largest absolute Gasteiger partial charge is 0.370 e. The molecule has 1 saturated heterocycles. The lowest BCUT2D eigenvalue weighted by molar-refractivity contribution is 0.280. The summed E-state index contributed by atoms with van der Waals surface area (Å²) in [6.07, 6.45) is 1.21. The molecule has 0 amide bonds. The van der Waals surface area contributed by atoms with Crippen molar-refractivity contribution in [2.45, 2.75) is 33.2 Å². The van der Waals surface area contributed by atoms with Crippen LogP contribution in [0.5, 0.6) is 0 Å². The molecular formula is C15H23BrN2. The van der Waals surface area contributed by atoms with Gasteiger partial charge in [0.2, 0.25) is 0 Å². The molecule has 0 bridgehead atoms. The Balaban J connectivity index is 2.14. The number of hydrogen-bond acceptors (Lipinski definition) is 2. The Morgan fingerprint density at radius 2 is 1.89 bits per heavy atom. The van der Waals surface area contributed by atoms with E-state index in [4.69, 9.17) is 0 Å². The third-order valence-electron chi connectivity index (χ3n) is 3.64. The van der Waals surface area contributed by atoms with E-state index >= 15 is 0 Å². The summed E-state index contributed by atoms with van der Waals surface area (Å²) in [5.41, 5.74) is 1.63. The van der Waals surface area contributed by atoms with Crippen LogP contribution in [0.25, 0.3) is 0 Å². The van der Waals surface area contributed by atoms with E-state index in [2.05, 4.69) is 71.2 Å². The number of nitrogens with zero attached hydrogens (tertiary/aromatic N) is 1. The zero-order chi connectivity index (χ0) is 13.2. The number of halogens is 1. The maximum atomic E-state index is 3.68. The summed E-state index contributed by atoms with van der Waals surface area (Å²) in [6.45, 7) is 10.3. The zero-order valence-electron chi connectivity index (χ0n) is 11.5. The van der Waals surface area contributed by atoms with Crippen LogP contribution in [0.2, 0.25) is 0 Å². The van der Waals surface area contributed by atoms with E-state index in [1.54, 1.807) is 0 Å². The van der Waals surface area contributed by atoms with Crippen LogP contribution in [0.1, 0.15) is 27.2 Å². The summed E-state index contributed by atoms with van der Waals surface area (Å²) in [7, 11) is 0. The molecule has 1 unspecified atom stereocenters. The Hall–Kier alpha value is -0.540. The van der Waals surface area contributed by atoms with Crippen LogP contribution >= 0.6 is 15.9 Å². The quantitative estimate of drug-likeness (QED) is 0.851. The number of rotatable bonds is 1. The van der Waals surface area contributed by atoms with Gasteiger partial charge in [0.1, 0.15) is 0 Å². The number of nitrogens with one attached hydrogen (secondary N) is 1. The molecule has 100 valence electrons. The lowest BCUT2D eigenvalue weighted by Gasteiger charge is -2.34. The first-order valence-corrected chi connectivity index (χ1v) is 7.50. The van der Waals surface area contributed by atoms with Crippen LogP contribution in [0, 0.1) is 5.41 Å². The van der Waals surface area contributed by atoms with Crippen molar-refractivity contribution in [3.8, 4) is 0 Å². The highest BCUT2D eigenvalue weighted by atomic mass is 79.9. The highest BCUT2D eigenvalue weighted by Crippen LogP contribution is 2.25. The van der Waals surface area contributed by atoms with Crippen LogP contribution in [0.3, 0.4) is 0 Å². The molecule has 0 aliphatic carbocycles. The Kier molecular flexibility index (Phi) is 4.33. The predicted octanol–water partition coefficient (Wildman–Crippen LogP) is 3.66. The molecule has 18 heavy (non-hydrogen) atoms. The molecule has 1 atom stereocenters. The third kappa shape index (κ3) is 3.48. The summed E-state index contributed by atoms with van der Waals surface area (Å²) < 4.78 is 1.14. The van der Waals surface area contributed by atoms with Crippen LogP contribution in [0.15, 0.2) is 28.7 Å². The molecule has 1 aliphatic rings. The van der Waals surface area contributed by atoms with E-state index in [0.717, 1.165) is 24.1 Å². The molecule has 2 nitrogen and oxygen atoms in total. The van der Waals surface area contributed by atoms with E-state index in [1.165, 1.54) is 12.1 Å². The van der Waals surface area contributed by atoms with Crippen molar-refractivity contribution in [2.75, 3.05) is 24.5 Å². The Bertz CT molecular complexity index is 380. The lowest BCUT2D eigenvalue weighted by atomic mass is 9.86. The molecule has 0 saturated carbocycles. The van der Waals surface area contributed by atoms with Gasteiger partial charge < -0.3 is 10.2 Å². The topological polar surface area (TPSA) is 15.3 Å². The summed E-state index contributed by atoms with van der Waals surface area (Å²) >= 11 is 3.50. The molecule has 1 aromatic rings. The van der Waals surface area contributed by atoms with Crippen molar-refractivity contribution in [1.29, 1.82) is 0 Å². The predicted molar refractivity (Wildman–Crippen MR) is 82.2 cm³/mol. The highest BCUT2D eigenvalue weighted by molar-refractivity contribution is 9.10. The van der Waals surface area contributed by atoms with Gasteiger partial charge in [0.15, 0.2) is 0 Å². The average molecular weight is 311 g/mol. The SMILES string of the molecule is CC(C)(C)C1CN(c2ccc(Br)cc2)CCCN1. The van der Waals surface area contributed by atoms with Gasteiger partial charge in [-0.1, -0.05) is 36.7 Å². The summed E-state index contributed by atoms with van der Waals surface area (Å²) in [4.78, 5) is 2.50. The van der Waals surface area contributed by atoms with Crippen molar-refractivity contribution in [1.82, 2.24) is 5.32 Å².